The summed E-state index contributed by atoms with van der Waals surface area (Å²) in [6.45, 7) is 1.12. The van der Waals surface area contributed by atoms with Gasteiger partial charge in [0, 0.05) is 25.5 Å². The Balaban J connectivity index is 2.15. The Morgan fingerprint density at radius 2 is 1.93 bits per heavy atom. The van der Waals surface area contributed by atoms with E-state index in [4.69, 9.17) is 5.11 Å². The van der Waals surface area contributed by atoms with Crippen LogP contribution in [0.1, 0.15) is 19.3 Å². The van der Waals surface area contributed by atoms with E-state index < -0.39 is 0 Å². The lowest BCUT2D eigenvalue weighted by Crippen LogP contribution is -2.05. The summed E-state index contributed by atoms with van der Waals surface area (Å²) in [5.74, 6) is 0.650. The number of unbranched alkanes of at least 4 members (excludes halogenated alkanes) is 2. The molecule has 5 heteroatoms. The highest BCUT2D eigenvalue weighted by Gasteiger charge is 1.94. The van der Waals surface area contributed by atoms with Crippen LogP contribution in [0.25, 0.3) is 0 Å². The molecule has 0 aromatic carbocycles. The zero-order valence-electron chi connectivity index (χ0n) is 7.91. The molecule has 0 saturated heterocycles. The van der Waals surface area contributed by atoms with Gasteiger partial charge in [0.15, 0.2) is 0 Å². The van der Waals surface area contributed by atoms with Gasteiger partial charge in [0.05, 0.1) is 4.47 Å². The normalized spacial score (nSPS) is 10.1. The van der Waals surface area contributed by atoms with Crippen LogP contribution in [-0.2, 0) is 0 Å². The smallest absolute Gasteiger partial charge is 0.222 e. The van der Waals surface area contributed by atoms with Crippen molar-refractivity contribution in [3.8, 4) is 0 Å². The molecular weight excluding hydrogens is 246 g/mol. The monoisotopic (exact) mass is 259 g/mol. The van der Waals surface area contributed by atoms with E-state index in [1.54, 1.807) is 12.4 Å². The predicted octanol–water partition coefficient (Wildman–Crippen LogP) is 1.81. The quantitative estimate of drug-likeness (QED) is 0.766. The molecule has 1 aromatic heterocycles. The molecule has 0 aliphatic carbocycles. The molecule has 0 bridgehead atoms. The van der Waals surface area contributed by atoms with Gasteiger partial charge in [-0.1, -0.05) is 0 Å². The highest BCUT2D eigenvalue weighted by atomic mass is 79.9. The van der Waals surface area contributed by atoms with Gasteiger partial charge >= 0.3 is 0 Å². The molecule has 1 rings (SSSR count). The molecule has 0 radical (unpaired) electrons. The highest BCUT2D eigenvalue weighted by molar-refractivity contribution is 9.10. The minimum Gasteiger partial charge on any atom is -0.396 e. The van der Waals surface area contributed by atoms with Gasteiger partial charge in [-0.2, -0.15) is 0 Å². The second kappa shape index (κ2) is 6.73. The van der Waals surface area contributed by atoms with Crippen molar-refractivity contribution in [1.29, 1.82) is 0 Å². The van der Waals surface area contributed by atoms with Gasteiger partial charge in [0.2, 0.25) is 5.95 Å². The summed E-state index contributed by atoms with van der Waals surface area (Å²) < 4.78 is 0.878. The molecule has 0 fully saturated rings. The Morgan fingerprint density at radius 3 is 2.57 bits per heavy atom. The summed E-state index contributed by atoms with van der Waals surface area (Å²) in [6.07, 6.45) is 6.34. The Labute approximate surface area is 91.9 Å². The predicted molar refractivity (Wildman–Crippen MR) is 59.2 cm³/mol. The molecule has 78 valence electrons. The molecule has 4 nitrogen and oxygen atoms in total. The molecule has 0 atom stereocenters. The van der Waals surface area contributed by atoms with Crippen LogP contribution in [0, 0.1) is 0 Å². The van der Waals surface area contributed by atoms with Crippen LogP contribution in [0.5, 0.6) is 0 Å². The van der Waals surface area contributed by atoms with Crippen molar-refractivity contribution in [1.82, 2.24) is 9.97 Å². The van der Waals surface area contributed by atoms with E-state index in [9.17, 15) is 0 Å². The first-order chi connectivity index (χ1) is 6.83. The molecule has 0 amide bonds. The fourth-order valence-electron chi connectivity index (χ4n) is 1.02. The summed E-state index contributed by atoms with van der Waals surface area (Å²) >= 11 is 3.27. The van der Waals surface area contributed by atoms with Crippen molar-refractivity contribution >= 4 is 21.9 Å². The van der Waals surface area contributed by atoms with Crippen LogP contribution < -0.4 is 5.32 Å². The van der Waals surface area contributed by atoms with Gasteiger partial charge < -0.3 is 10.4 Å². The molecule has 1 aromatic rings. The maximum atomic E-state index is 8.56. The number of halogens is 1. The number of hydrogen-bond donors (Lipinski definition) is 2. The number of nitrogens with zero attached hydrogens (tertiary/aromatic N) is 2. The molecule has 0 spiro atoms. The van der Waals surface area contributed by atoms with Crippen molar-refractivity contribution < 1.29 is 5.11 Å². The standard InChI is InChI=1S/C9H14BrN3O/c10-8-6-12-9(13-7-8)11-4-2-1-3-5-14/h6-7,14H,1-5H2,(H,11,12,13). The minimum absolute atomic E-state index is 0.273. The molecule has 14 heavy (non-hydrogen) atoms. The zero-order valence-corrected chi connectivity index (χ0v) is 9.50. The van der Waals surface area contributed by atoms with Crippen LogP contribution in [0.4, 0.5) is 5.95 Å². The first-order valence-electron chi connectivity index (χ1n) is 4.65. The number of anilines is 1. The Morgan fingerprint density at radius 1 is 1.21 bits per heavy atom. The number of aromatic nitrogens is 2. The maximum Gasteiger partial charge on any atom is 0.222 e. The number of aliphatic hydroxyl groups is 1. The summed E-state index contributed by atoms with van der Waals surface area (Å²) in [7, 11) is 0. The van der Waals surface area contributed by atoms with Gasteiger partial charge in [-0.3, -0.25) is 0 Å². The molecule has 1 heterocycles. The molecule has 0 unspecified atom stereocenters. The summed E-state index contributed by atoms with van der Waals surface area (Å²) in [4.78, 5) is 8.16. The van der Waals surface area contributed by atoms with Crippen LogP contribution in [0.3, 0.4) is 0 Å². The SMILES string of the molecule is OCCCCCNc1ncc(Br)cn1. The van der Waals surface area contributed by atoms with E-state index in [-0.39, 0.29) is 6.61 Å². The van der Waals surface area contributed by atoms with Crippen molar-refractivity contribution in [3.05, 3.63) is 16.9 Å². The van der Waals surface area contributed by atoms with Crippen LogP contribution in [0.15, 0.2) is 16.9 Å². The summed E-state index contributed by atoms with van der Waals surface area (Å²) in [5, 5.41) is 11.7. The maximum absolute atomic E-state index is 8.56. The van der Waals surface area contributed by atoms with E-state index in [2.05, 4.69) is 31.2 Å². The second-order valence-electron chi connectivity index (χ2n) is 2.94. The average Bonchev–Trinajstić information content (AvgIpc) is 2.21. The highest BCUT2D eigenvalue weighted by Crippen LogP contribution is 2.06. The topological polar surface area (TPSA) is 58.0 Å². The van der Waals surface area contributed by atoms with E-state index in [0.29, 0.717) is 5.95 Å². The molecule has 0 aliphatic rings. The van der Waals surface area contributed by atoms with Crippen molar-refractivity contribution in [2.75, 3.05) is 18.5 Å². The molecular formula is C9H14BrN3O. The third kappa shape index (κ3) is 4.53. The number of aliphatic hydroxyl groups excluding tert-OH is 1. The van der Waals surface area contributed by atoms with Crippen LogP contribution >= 0.6 is 15.9 Å². The van der Waals surface area contributed by atoms with Gasteiger partial charge in [0.1, 0.15) is 0 Å². The van der Waals surface area contributed by atoms with E-state index >= 15 is 0 Å². The first-order valence-corrected chi connectivity index (χ1v) is 5.44. The third-order valence-corrected chi connectivity index (χ3v) is 2.15. The van der Waals surface area contributed by atoms with Crippen LogP contribution in [0.2, 0.25) is 0 Å². The number of hydrogen-bond acceptors (Lipinski definition) is 4. The Hall–Kier alpha value is -0.680. The van der Waals surface area contributed by atoms with E-state index in [1.807, 2.05) is 0 Å². The minimum atomic E-state index is 0.273. The van der Waals surface area contributed by atoms with Gasteiger partial charge in [-0.25, -0.2) is 9.97 Å². The Bertz CT molecular complexity index is 253. The fraction of sp³-hybridized carbons (Fsp3) is 0.556. The summed E-state index contributed by atoms with van der Waals surface area (Å²) in [5.41, 5.74) is 0. The van der Waals surface area contributed by atoms with E-state index in [1.165, 1.54) is 0 Å². The van der Waals surface area contributed by atoms with Crippen LogP contribution in [-0.4, -0.2) is 28.2 Å². The lowest BCUT2D eigenvalue weighted by Gasteiger charge is -2.03. The lowest BCUT2D eigenvalue weighted by molar-refractivity contribution is 0.283. The Kier molecular flexibility index (Phi) is 5.47. The molecule has 0 saturated carbocycles. The van der Waals surface area contributed by atoms with Gasteiger partial charge in [0.25, 0.3) is 0 Å². The van der Waals surface area contributed by atoms with Crippen molar-refractivity contribution in [3.63, 3.8) is 0 Å². The van der Waals surface area contributed by atoms with Gasteiger partial charge in [-0.05, 0) is 35.2 Å². The fourth-order valence-corrected chi connectivity index (χ4v) is 1.22. The average molecular weight is 260 g/mol. The molecule has 0 aliphatic heterocycles. The molecule has 2 N–H and O–H groups in total. The number of rotatable bonds is 6. The first kappa shape index (κ1) is 11.4. The largest absolute Gasteiger partial charge is 0.396 e. The van der Waals surface area contributed by atoms with Gasteiger partial charge in [-0.15, -0.1) is 0 Å². The van der Waals surface area contributed by atoms with Crippen molar-refractivity contribution in [2.24, 2.45) is 0 Å². The van der Waals surface area contributed by atoms with E-state index in [0.717, 1.165) is 30.3 Å². The zero-order chi connectivity index (χ0) is 10.2. The third-order valence-electron chi connectivity index (χ3n) is 1.74. The number of nitrogens with one attached hydrogen (secondary N) is 1. The summed E-state index contributed by atoms with van der Waals surface area (Å²) in [6, 6.07) is 0. The second-order valence-corrected chi connectivity index (χ2v) is 3.85. The lowest BCUT2D eigenvalue weighted by atomic mass is 10.2. The van der Waals surface area contributed by atoms with Crippen molar-refractivity contribution in [2.45, 2.75) is 19.3 Å².